The molecule has 0 aromatic carbocycles. The van der Waals surface area contributed by atoms with Crippen LogP contribution >= 0.6 is 7.82 Å². The predicted octanol–water partition coefficient (Wildman–Crippen LogP) is 7.51. The molecule has 0 aromatic heterocycles. The maximum absolute atomic E-state index is 12.3. The van der Waals surface area contributed by atoms with E-state index < -0.39 is 13.9 Å². The first kappa shape index (κ1) is 36.0. The van der Waals surface area contributed by atoms with Crippen molar-refractivity contribution in [1.29, 1.82) is 0 Å². The molecule has 0 saturated carbocycles. The van der Waals surface area contributed by atoms with Crippen molar-refractivity contribution in [3.63, 3.8) is 0 Å². The number of hydrogen-bond acceptors (Lipinski definition) is 5. The van der Waals surface area contributed by atoms with E-state index in [0.717, 1.165) is 12.8 Å². The van der Waals surface area contributed by atoms with Crippen molar-refractivity contribution in [2.75, 3.05) is 61.2 Å². The zero-order chi connectivity index (χ0) is 27.0. The minimum atomic E-state index is -4.11. The van der Waals surface area contributed by atoms with Crippen LogP contribution in [0.5, 0.6) is 0 Å². The van der Waals surface area contributed by atoms with Crippen LogP contribution in [-0.2, 0) is 23.1 Å². The third kappa shape index (κ3) is 27.0. The second-order valence-corrected chi connectivity index (χ2v) is 12.6. The highest BCUT2D eigenvalue weighted by molar-refractivity contribution is 7.47. The number of quaternary nitrogens is 1. The molecule has 7 nitrogen and oxygen atoms in total. The molecule has 0 radical (unpaired) electrons. The van der Waals surface area contributed by atoms with Crippen LogP contribution in [0.3, 0.4) is 0 Å². The summed E-state index contributed by atoms with van der Waals surface area (Å²) in [6.45, 7) is 4.40. The summed E-state index contributed by atoms with van der Waals surface area (Å²) in [5.41, 5.74) is 0. The summed E-state index contributed by atoms with van der Waals surface area (Å²) in [6.07, 6.45) is 21.4. The minimum absolute atomic E-state index is 0.161. The molecule has 36 heavy (non-hydrogen) atoms. The monoisotopic (exact) mass is 538 g/mol. The van der Waals surface area contributed by atoms with Gasteiger partial charge in [0.25, 0.3) is 0 Å². The molecule has 0 saturated heterocycles. The fourth-order valence-electron chi connectivity index (χ4n) is 4.03. The highest BCUT2D eigenvalue weighted by atomic mass is 31.2. The van der Waals surface area contributed by atoms with Crippen LogP contribution < -0.4 is 0 Å². The quantitative estimate of drug-likeness (QED) is 0.0631. The van der Waals surface area contributed by atoms with E-state index >= 15 is 0 Å². The van der Waals surface area contributed by atoms with Gasteiger partial charge in [-0.25, -0.2) is 4.57 Å². The molecule has 2 unspecified atom stereocenters. The van der Waals surface area contributed by atoms with Crippen molar-refractivity contribution in [1.82, 2.24) is 0 Å². The van der Waals surface area contributed by atoms with Crippen LogP contribution in [0, 0.1) is 0 Å². The normalized spacial score (nSPS) is 14.7. The van der Waals surface area contributed by atoms with Crippen molar-refractivity contribution >= 4 is 7.82 Å². The average Bonchev–Trinajstić information content (AvgIpc) is 2.80. The third-order valence-electron chi connectivity index (χ3n) is 6.39. The maximum atomic E-state index is 12.3. The standard InChI is InChI=1S/C28H60NO6P/c1-6-7-8-9-10-11-12-13-14-15-16-17-18-19-20-21-24-33-27-28(22-25-32-5)35-36(30,31)34-26-23-29(2,3)4/h28H,6-27H2,1-5H3/p+1. The second kappa shape index (κ2) is 24.1. The zero-order valence-corrected chi connectivity index (χ0v) is 25.4. The average molecular weight is 539 g/mol. The van der Waals surface area contributed by atoms with Gasteiger partial charge in [0.05, 0.1) is 33.9 Å². The molecule has 218 valence electrons. The molecule has 0 aliphatic rings. The molecule has 0 aromatic rings. The molecule has 2 atom stereocenters. The van der Waals surface area contributed by atoms with Crippen LogP contribution in [0.4, 0.5) is 0 Å². The Morgan fingerprint density at radius 2 is 1.19 bits per heavy atom. The summed E-state index contributed by atoms with van der Waals surface area (Å²) in [6, 6.07) is 0. The number of ether oxygens (including phenoxy) is 2. The van der Waals surface area contributed by atoms with E-state index in [1.54, 1.807) is 7.11 Å². The highest BCUT2D eigenvalue weighted by Crippen LogP contribution is 2.45. The summed E-state index contributed by atoms with van der Waals surface area (Å²) in [5, 5.41) is 0. The highest BCUT2D eigenvalue weighted by Gasteiger charge is 2.27. The Labute approximate surface area is 223 Å². The smallest absolute Gasteiger partial charge is 0.385 e. The van der Waals surface area contributed by atoms with E-state index in [2.05, 4.69) is 6.92 Å². The van der Waals surface area contributed by atoms with Crippen LogP contribution in [-0.4, -0.2) is 76.7 Å². The number of phosphoric acid groups is 1. The molecular weight excluding hydrogens is 477 g/mol. The van der Waals surface area contributed by atoms with E-state index in [-0.39, 0.29) is 13.2 Å². The Morgan fingerprint density at radius 3 is 1.64 bits per heavy atom. The van der Waals surface area contributed by atoms with Crippen LogP contribution in [0.1, 0.15) is 116 Å². The zero-order valence-electron chi connectivity index (χ0n) is 24.5. The number of rotatable bonds is 28. The topological polar surface area (TPSA) is 74.2 Å². The van der Waals surface area contributed by atoms with Gasteiger partial charge in [-0.15, -0.1) is 0 Å². The summed E-state index contributed by atoms with van der Waals surface area (Å²) in [4.78, 5) is 10.0. The molecule has 0 fully saturated rings. The maximum Gasteiger partial charge on any atom is 0.472 e. The predicted molar refractivity (Wildman–Crippen MR) is 150 cm³/mol. The number of methoxy groups -OCH3 is 1. The van der Waals surface area contributed by atoms with E-state index in [0.29, 0.717) is 30.7 Å². The Morgan fingerprint density at radius 1 is 0.722 bits per heavy atom. The van der Waals surface area contributed by atoms with Gasteiger partial charge in [0, 0.05) is 20.3 Å². The number of hydrogen-bond donors (Lipinski definition) is 1. The lowest BCUT2D eigenvalue weighted by Crippen LogP contribution is -2.37. The van der Waals surface area contributed by atoms with Crippen molar-refractivity contribution in [3.05, 3.63) is 0 Å². The van der Waals surface area contributed by atoms with Crippen LogP contribution in [0.15, 0.2) is 0 Å². The van der Waals surface area contributed by atoms with Crippen molar-refractivity contribution in [2.24, 2.45) is 0 Å². The minimum Gasteiger partial charge on any atom is -0.385 e. The molecule has 0 bridgehead atoms. The van der Waals surface area contributed by atoms with Gasteiger partial charge >= 0.3 is 7.82 Å². The van der Waals surface area contributed by atoms with E-state index in [1.165, 1.54) is 89.9 Å². The summed E-state index contributed by atoms with van der Waals surface area (Å²) < 4.78 is 34.3. The molecule has 0 aliphatic heterocycles. The number of nitrogens with zero attached hydrogens (tertiary/aromatic N) is 1. The molecule has 0 spiro atoms. The van der Waals surface area contributed by atoms with E-state index in [1.807, 2.05) is 21.1 Å². The van der Waals surface area contributed by atoms with Crippen molar-refractivity contribution < 1.29 is 32.5 Å². The van der Waals surface area contributed by atoms with Gasteiger partial charge in [0.15, 0.2) is 0 Å². The molecule has 0 aliphatic carbocycles. The Balaban J connectivity index is 3.69. The largest absolute Gasteiger partial charge is 0.472 e. The first-order valence-corrected chi connectivity index (χ1v) is 16.2. The first-order chi connectivity index (χ1) is 17.2. The van der Waals surface area contributed by atoms with Gasteiger partial charge in [-0.2, -0.15) is 0 Å². The molecule has 8 heteroatoms. The first-order valence-electron chi connectivity index (χ1n) is 14.7. The van der Waals surface area contributed by atoms with Gasteiger partial charge in [0.1, 0.15) is 13.2 Å². The second-order valence-electron chi connectivity index (χ2n) is 11.2. The van der Waals surface area contributed by atoms with Gasteiger partial charge in [-0.3, -0.25) is 9.05 Å². The summed E-state index contributed by atoms with van der Waals surface area (Å²) in [5.74, 6) is 0. The van der Waals surface area contributed by atoms with Crippen molar-refractivity contribution in [2.45, 2.75) is 122 Å². The van der Waals surface area contributed by atoms with Gasteiger partial charge in [0.2, 0.25) is 0 Å². The van der Waals surface area contributed by atoms with Crippen LogP contribution in [0.25, 0.3) is 0 Å². The van der Waals surface area contributed by atoms with Gasteiger partial charge in [-0.05, 0) is 12.8 Å². The van der Waals surface area contributed by atoms with E-state index in [4.69, 9.17) is 18.5 Å². The lowest BCUT2D eigenvalue weighted by molar-refractivity contribution is -0.870. The Bertz CT molecular complexity index is 515. The summed E-state index contributed by atoms with van der Waals surface area (Å²) in [7, 11) is 3.49. The molecule has 1 N–H and O–H groups in total. The fourth-order valence-corrected chi connectivity index (χ4v) is 4.95. The number of unbranched alkanes of at least 4 members (excludes halogenated alkanes) is 15. The van der Waals surface area contributed by atoms with Gasteiger partial charge < -0.3 is 18.9 Å². The third-order valence-corrected chi connectivity index (χ3v) is 7.46. The SMILES string of the molecule is CCCCCCCCCCCCCCCCCCOCC(CCOC)OP(=O)(O)OCC[N+](C)(C)C. The summed E-state index contributed by atoms with van der Waals surface area (Å²) >= 11 is 0. The van der Waals surface area contributed by atoms with E-state index in [9.17, 15) is 9.46 Å². The molecule has 0 heterocycles. The van der Waals surface area contributed by atoms with Gasteiger partial charge in [-0.1, -0.05) is 103 Å². The fraction of sp³-hybridized carbons (Fsp3) is 1.00. The lowest BCUT2D eigenvalue weighted by atomic mass is 10.0. The Hall–Kier alpha value is -0.0100. The molecular formula is C28H61NO6P+. The van der Waals surface area contributed by atoms with Crippen LogP contribution in [0.2, 0.25) is 0 Å². The lowest BCUT2D eigenvalue weighted by Gasteiger charge is -2.25. The molecule has 0 amide bonds. The Kier molecular flexibility index (Phi) is 24.1. The van der Waals surface area contributed by atoms with Crippen molar-refractivity contribution in [3.8, 4) is 0 Å². The molecule has 0 rings (SSSR count). The number of phosphoric ester groups is 1. The number of likely N-dealkylation sites (N-methyl/N-ethyl adjacent to an activating group) is 1.